The third kappa shape index (κ3) is 3.42. The smallest absolute Gasteiger partial charge is 0.0848 e. The van der Waals surface area contributed by atoms with E-state index in [4.69, 9.17) is 16.3 Å². The van der Waals surface area contributed by atoms with Crippen molar-refractivity contribution in [3.05, 3.63) is 16.4 Å². The highest BCUT2D eigenvalue weighted by atomic mass is 35.5. The first-order valence-corrected chi connectivity index (χ1v) is 7.98. The topological polar surface area (TPSA) is 50.5 Å². The van der Waals surface area contributed by atoms with E-state index in [9.17, 15) is 5.11 Å². The summed E-state index contributed by atoms with van der Waals surface area (Å²) in [4.78, 5) is 2.29. The summed E-state index contributed by atoms with van der Waals surface area (Å²) in [5.41, 5.74) is 1.43. The molecule has 21 heavy (non-hydrogen) atoms. The van der Waals surface area contributed by atoms with E-state index in [0.717, 1.165) is 44.2 Å². The van der Waals surface area contributed by atoms with Crippen molar-refractivity contribution in [2.45, 2.75) is 52.3 Å². The molecule has 0 radical (unpaired) electrons. The van der Waals surface area contributed by atoms with Crippen LogP contribution in [0.2, 0.25) is 5.02 Å². The second-order valence-corrected chi connectivity index (χ2v) is 6.51. The van der Waals surface area contributed by atoms with Crippen LogP contribution >= 0.6 is 11.6 Å². The minimum Gasteiger partial charge on any atom is -0.391 e. The first kappa shape index (κ1) is 16.7. The van der Waals surface area contributed by atoms with Crippen molar-refractivity contribution in [2.75, 3.05) is 26.3 Å². The summed E-state index contributed by atoms with van der Waals surface area (Å²) in [7, 11) is 0. The fourth-order valence-electron chi connectivity index (χ4n) is 2.85. The van der Waals surface area contributed by atoms with Crippen molar-refractivity contribution < 1.29 is 9.84 Å². The van der Waals surface area contributed by atoms with Crippen LogP contribution in [0.1, 0.15) is 32.2 Å². The summed E-state index contributed by atoms with van der Waals surface area (Å²) in [6.45, 7) is 12.0. The van der Waals surface area contributed by atoms with E-state index in [0.29, 0.717) is 11.4 Å². The maximum Gasteiger partial charge on any atom is 0.0848 e. The quantitative estimate of drug-likeness (QED) is 0.901. The van der Waals surface area contributed by atoms with Crippen LogP contribution in [-0.4, -0.2) is 57.7 Å². The Bertz CT molecular complexity index is 482. The molecule has 0 amide bonds. The molecule has 1 unspecified atom stereocenters. The molecule has 1 aliphatic rings. The molecule has 1 aromatic heterocycles. The number of aromatic nitrogens is 2. The number of aliphatic hydroxyl groups is 1. The van der Waals surface area contributed by atoms with Gasteiger partial charge in [0.2, 0.25) is 0 Å². The molecule has 5 nitrogen and oxygen atoms in total. The summed E-state index contributed by atoms with van der Waals surface area (Å²) in [5.74, 6) is 0. The molecule has 1 N–H and O–H groups in total. The molecule has 0 aliphatic carbocycles. The van der Waals surface area contributed by atoms with Gasteiger partial charge in [0, 0.05) is 31.6 Å². The van der Waals surface area contributed by atoms with Gasteiger partial charge in [0.15, 0.2) is 0 Å². The van der Waals surface area contributed by atoms with E-state index in [1.54, 1.807) is 0 Å². The summed E-state index contributed by atoms with van der Waals surface area (Å²) in [6, 6.07) is 0. The average Bonchev–Trinajstić information content (AvgIpc) is 2.75. The van der Waals surface area contributed by atoms with Crippen LogP contribution in [-0.2, 0) is 17.7 Å². The lowest BCUT2D eigenvalue weighted by Crippen LogP contribution is -2.56. The lowest BCUT2D eigenvalue weighted by molar-refractivity contribution is -0.0616. The number of hydrogen-bond acceptors (Lipinski definition) is 4. The monoisotopic (exact) mass is 315 g/mol. The summed E-state index contributed by atoms with van der Waals surface area (Å²) in [6.07, 6.45) is 0.00668. The van der Waals surface area contributed by atoms with Gasteiger partial charge in [-0.3, -0.25) is 9.58 Å². The van der Waals surface area contributed by atoms with Gasteiger partial charge in [0.25, 0.3) is 0 Å². The van der Waals surface area contributed by atoms with Crippen LogP contribution in [0, 0.1) is 6.92 Å². The highest BCUT2D eigenvalue weighted by Crippen LogP contribution is 2.27. The Morgan fingerprint density at radius 3 is 2.57 bits per heavy atom. The zero-order valence-electron chi connectivity index (χ0n) is 13.4. The normalized spacial score (nSPS) is 19.0. The molecule has 120 valence electrons. The highest BCUT2D eigenvalue weighted by Gasteiger charge is 2.36. The van der Waals surface area contributed by atoms with Gasteiger partial charge in [-0.05, 0) is 27.7 Å². The van der Waals surface area contributed by atoms with Crippen LogP contribution in [0.5, 0.6) is 0 Å². The van der Waals surface area contributed by atoms with Crippen molar-refractivity contribution in [1.29, 1.82) is 0 Å². The van der Waals surface area contributed by atoms with Crippen LogP contribution in [0.25, 0.3) is 0 Å². The summed E-state index contributed by atoms with van der Waals surface area (Å²) < 4.78 is 7.28. The number of nitrogens with zero attached hydrogens (tertiary/aromatic N) is 3. The van der Waals surface area contributed by atoms with E-state index in [2.05, 4.69) is 23.8 Å². The van der Waals surface area contributed by atoms with Crippen molar-refractivity contribution in [3.63, 3.8) is 0 Å². The van der Waals surface area contributed by atoms with Crippen molar-refractivity contribution >= 4 is 11.6 Å². The number of halogens is 1. The van der Waals surface area contributed by atoms with Gasteiger partial charge >= 0.3 is 0 Å². The molecule has 2 heterocycles. The number of morpholine rings is 1. The molecule has 1 aromatic rings. The predicted molar refractivity (Wildman–Crippen MR) is 83.8 cm³/mol. The number of hydrogen-bond donors (Lipinski definition) is 1. The van der Waals surface area contributed by atoms with E-state index in [-0.39, 0.29) is 5.54 Å². The third-order valence-electron chi connectivity index (χ3n) is 4.48. The molecule has 6 heteroatoms. The summed E-state index contributed by atoms with van der Waals surface area (Å²) >= 11 is 6.34. The van der Waals surface area contributed by atoms with Crippen LogP contribution in [0.4, 0.5) is 0 Å². The number of aliphatic hydroxyl groups excluding tert-OH is 1. The van der Waals surface area contributed by atoms with Gasteiger partial charge in [-0.25, -0.2) is 0 Å². The lowest BCUT2D eigenvalue weighted by Gasteiger charge is -2.43. The SMILES string of the molecule is CCn1nc(C)c(Cl)c1CC(O)C(C)(C)N1CCOCC1. The van der Waals surface area contributed by atoms with E-state index in [1.807, 2.05) is 18.5 Å². The lowest BCUT2D eigenvalue weighted by atomic mass is 9.91. The molecule has 0 spiro atoms. The van der Waals surface area contributed by atoms with Gasteiger partial charge < -0.3 is 9.84 Å². The van der Waals surface area contributed by atoms with Gasteiger partial charge in [0.05, 0.1) is 35.7 Å². The first-order valence-electron chi connectivity index (χ1n) is 7.60. The Morgan fingerprint density at radius 1 is 1.38 bits per heavy atom. The third-order valence-corrected chi connectivity index (χ3v) is 4.97. The fourth-order valence-corrected chi connectivity index (χ4v) is 3.06. The molecule has 1 saturated heterocycles. The Hall–Kier alpha value is -0.620. The number of ether oxygens (including phenoxy) is 1. The maximum absolute atomic E-state index is 10.8. The molecule has 1 atom stereocenters. The predicted octanol–water partition coefficient (Wildman–Crippen LogP) is 1.88. The largest absolute Gasteiger partial charge is 0.391 e. The summed E-state index contributed by atoms with van der Waals surface area (Å²) in [5, 5.41) is 15.8. The minimum absolute atomic E-state index is 0.316. The second-order valence-electron chi connectivity index (χ2n) is 6.13. The minimum atomic E-state index is -0.505. The molecular formula is C15H26ClN3O2. The Morgan fingerprint density at radius 2 is 2.00 bits per heavy atom. The zero-order valence-corrected chi connectivity index (χ0v) is 14.2. The van der Waals surface area contributed by atoms with E-state index >= 15 is 0 Å². The Labute approximate surface area is 131 Å². The number of aryl methyl sites for hydroxylation is 2. The highest BCUT2D eigenvalue weighted by molar-refractivity contribution is 6.31. The molecule has 0 aromatic carbocycles. The molecule has 0 bridgehead atoms. The van der Waals surface area contributed by atoms with Crippen molar-refractivity contribution in [1.82, 2.24) is 14.7 Å². The second kappa shape index (κ2) is 6.65. The molecule has 2 rings (SSSR count). The number of rotatable bonds is 5. The van der Waals surface area contributed by atoms with Gasteiger partial charge in [0.1, 0.15) is 0 Å². The Kier molecular flexibility index (Phi) is 5.30. The first-order chi connectivity index (χ1) is 9.87. The maximum atomic E-state index is 10.8. The van der Waals surface area contributed by atoms with Gasteiger partial charge in [-0.15, -0.1) is 0 Å². The van der Waals surface area contributed by atoms with Gasteiger partial charge in [-0.1, -0.05) is 11.6 Å². The molecular weight excluding hydrogens is 290 g/mol. The van der Waals surface area contributed by atoms with Crippen LogP contribution in [0.3, 0.4) is 0 Å². The fraction of sp³-hybridized carbons (Fsp3) is 0.800. The average molecular weight is 316 g/mol. The molecule has 1 aliphatic heterocycles. The standard InChI is InChI=1S/C15H26ClN3O2/c1-5-19-12(14(16)11(2)17-19)10-13(20)15(3,4)18-6-8-21-9-7-18/h13,20H,5-10H2,1-4H3. The molecule has 0 saturated carbocycles. The van der Waals surface area contributed by atoms with Crippen LogP contribution in [0.15, 0.2) is 0 Å². The van der Waals surface area contributed by atoms with Crippen molar-refractivity contribution in [2.24, 2.45) is 0 Å². The van der Waals surface area contributed by atoms with Gasteiger partial charge in [-0.2, -0.15) is 5.10 Å². The van der Waals surface area contributed by atoms with Crippen LogP contribution < -0.4 is 0 Å². The zero-order chi connectivity index (χ0) is 15.6. The van der Waals surface area contributed by atoms with Crippen molar-refractivity contribution in [3.8, 4) is 0 Å². The Balaban J connectivity index is 2.14. The molecule has 1 fully saturated rings. The van der Waals surface area contributed by atoms with E-state index in [1.165, 1.54) is 0 Å². The van der Waals surface area contributed by atoms with E-state index < -0.39 is 6.10 Å².